The maximum Gasteiger partial charge on any atom is 0.312 e. The van der Waals surface area contributed by atoms with Gasteiger partial charge in [-0.1, -0.05) is 30.3 Å². The van der Waals surface area contributed by atoms with Gasteiger partial charge in [-0.05, 0) is 5.56 Å². The minimum Gasteiger partial charge on any atom is -0.461 e. The Morgan fingerprint density at radius 3 is 2.82 bits per heavy atom. The molecule has 2 rings (SSSR count). The van der Waals surface area contributed by atoms with E-state index in [-0.39, 0.29) is 38.0 Å². The molecule has 0 amide bonds. The maximum absolute atomic E-state index is 11.7. The van der Waals surface area contributed by atoms with Crippen molar-refractivity contribution < 1.29 is 19.1 Å². The molecular formula is C13H14O4. The molecule has 1 aromatic rings. The molecule has 0 aromatic heterocycles. The third-order valence-electron chi connectivity index (χ3n) is 2.61. The molecule has 1 saturated heterocycles. The highest BCUT2D eigenvalue weighted by Crippen LogP contribution is 2.14. The highest BCUT2D eigenvalue weighted by Gasteiger charge is 2.27. The molecule has 1 atom stereocenters. The molecule has 1 aliphatic rings. The van der Waals surface area contributed by atoms with Gasteiger partial charge in [-0.3, -0.25) is 9.59 Å². The molecule has 1 aromatic carbocycles. The largest absolute Gasteiger partial charge is 0.461 e. The van der Waals surface area contributed by atoms with Crippen LogP contribution in [0.2, 0.25) is 0 Å². The van der Waals surface area contributed by atoms with Crippen molar-refractivity contribution in [3.8, 4) is 0 Å². The van der Waals surface area contributed by atoms with Crippen molar-refractivity contribution in [2.45, 2.75) is 13.0 Å². The molecule has 1 fully saturated rings. The highest BCUT2D eigenvalue weighted by molar-refractivity contribution is 5.86. The summed E-state index contributed by atoms with van der Waals surface area (Å²) in [6, 6.07) is 9.44. The number of Topliss-reactive ketones (excluding diaryl/α,β-unsaturated/α-hetero) is 1. The number of ketones is 1. The molecular weight excluding hydrogens is 220 g/mol. The van der Waals surface area contributed by atoms with E-state index in [0.717, 1.165) is 5.56 Å². The van der Waals surface area contributed by atoms with Crippen LogP contribution in [-0.4, -0.2) is 25.0 Å². The zero-order valence-corrected chi connectivity index (χ0v) is 9.43. The van der Waals surface area contributed by atoms with Gasteiger partial charge in [0.25, 0.3) is 0 Å². The Hall–Kier alpha value is -1.68. The molecule has 1 heterocycles. The summed E-state index contributed by atoms with van der Waals surface area (Å²) < 4.78 is 10.2. The number of ether oxygens (including phenoxy) is 2. The Labute approximate surface area is 99.5 Å². The summed E-state index contributed by atoms with van der Waals surface area (Å²) in [7, 11) is 0. The van der Waals surface area contributed by atoms with E-state index in [1.165, 1.54) is 0 Å². The number of carbonyl (C=O) groups is 2. The van der Waals surface area contributed by atoms with Crippen LogP contribution in [0.3, 0.4) is 0 Å². The van der Waals surface area contributed by atoms with E-state index in [4.69, 9.17) is 9.47 Å². The second kappa shape index (κ2) is 5.59. The lowest BCUT2D eigenvalue weighted by molar-refractivity contribution is -0.157. The molecule has 17 heavy (non-hydrogen) atoms. The van der Waals surface area contributed by atoms with Crippen LogP contribution in [-0.2, 0) is 25.7 Å². The Kier molecular flexibility index (Phi) is 3.88. The van der Waals surface area contributed by atoms with Crippen molar-refractivity contribution in [1.29, 1.82) is 0 Å². The predicted molar refractivity (Wildman–Crippen MR) is 60.2 cm³/mol. The van der Waals surface area contributed by atoms with Crippen LogP contribution in [0.25, 0.3) is 0 Å². The van der Waals surface area contributed by atoms with E-state index in [1.807, 2.05) is 30.3 Å². The van der Waals surface area contributed by atoms with E-state index in [1.54, 1.807) is 0 Å². The summed E-state index contributed by atoms with van der Waals surface area (Å²) in [5.41, 5.74) is 0.934. The van der Waals surface area contributed by atoms with E-state index in [9.17, 15) is 9.59 Å². The van der Waals surface area contributed by atoms with Crippen LogP contribution in [0.4, 0.5) is 0 Å². The van der Waals surface area contributed by atoms with Crippen LogP contribution >= 0.6 is 0 Å². The lowest BCUT2D eigenvalue weighted by Gasteiger charge is -2.19. The highest BCUT2D eigenvalue weighted by atomic mass is 16.5. The van der Waals surface area contributed by atoms with Crippen LogP contribution in [0.15, 0.2) is 30.3 Å². The van der Waals surface area contributed by atoms with Crippen LogP contribution in [0, 0.1) is 5.92 Å². The number of esters is 1. The van der Waals surface area contributed by atoms with E-state index in [0.29, 0.717) is 0 Å². The molecule has 1 aliphatic heterocycles. The summed E-state index contributed by atoms with van der Waals surface area (Å²) in [6.07, 6.45) is 0.230. The van der Waals surface area contributed by atoms with Gasteiger partial charge >= 0.3 is 5.97 Å². The normalized spacial score (nSPS) is 20.0. The first kappa shape index (κ1) is 11.8. The van der Waals surface area contributed by atoms with E-state index < -0.39 is 5.92 Å². The fourth-order valence-electron chi connectivity index (χ4n) is 1.71. The molecule has 0 aliphatic carbocycles. The quantitative estimate of drug-likeness (QED) is 0.740. The zero-order valence-electron chi connectivity index (χ0n) is 9.43. The van der Waals surface area contributed by atoms with Crippen molar-refractivity contribution >= 4 is 11.8 Å². The number of hydrogen-bond donors (Lipinski definition) is 0. The molecule has 0 radical (unpaired) electrons. The first-order valence-electron chi connectivity index (χ1n) is 5.55. The minimum absolute atomic E-state index is 0.0436. The molecule has 90 valence electrons. The molecule has 1 unspecified atom stereocenters. The van der Waals surface area contributed by atoms with Crippen LogP contribution < -0.4 is 0 Å². The standard InChI is InChI=1S/C13H14O4/c14-12-6-11(8-16-9-12)13(15)17-7-10-4-2-1-3-5-10/h1-5,11H,6-9H2. The molecule has 0 saturated carbocycles. The van der Waals surface area contributed by atoms with Gasteiger partial charge in [0.15, 0.2) is 5.78 Å². The lowest BCUT2D eigenvalue weighted by Crippen LogP contribution is -2.32. The average Bonchev–Trinajstić information content (AvgIpc) is 2.37. The number of benzene rings is 1. The molecule has 0 bridgehead atoms. The van der Waals surface area contributed by atoms with Crippen molar-refractivity contribution in [2.24, 2.45) is 5.92 Å². The second-order valence-electron chi connectivity index (χ2n) is 4.05. The van der Waals surface area contributed by atoms with Crippen LogP contribution in [0.1, 0.15) is 12.0 Å². The van der Waals surface area contributed by atoms with Gasteiger partial charge in [-0.15, -0.1) is 0 Å². The monoisotopic (exact) mass is 234 g/mol. The van der Waals surface area contributed by atoms with Crippen molar-refractivity contribution in [3.63, 3.8) is 0 Å². The molecule has 0 spiro atoms. The number of carbonyl (C=O) groups excluding carboxylic acids is 2. The maximum atomic E-state index is 11.7. The topological polar surface area (TPSA) is 52.6 Å². The fraction of sp³-hybridized carbons (Fsp3) is 0.385. The summed E-state index contributed by atoms with van der Waals surface area (Å²) in [5.74, 6) is -0.847. The van der Waals surface area contributed by atoms with Gasteiger partial charge in [0, 0.05) is 6.42 Å². The number of hydrogen-bond acceptors (Lipinski definition) is 4. The fourth-order valence-corrected chi connectivity index (χ4v) is 1.71. The lowest BCUT2D eigenvalue weighted by atomic mass is 10.0. The third kappa shape index (κ3) is 3.39. The Morgan fingerprint density at radius 2 is 2.12 bits per heavy atom. The van der Waals surface area contributed by atoms with Gasteiger partial charge in [0.05, 0.1) is 12.5 Å². The molecule has 4 heteroatoms. The first-order valence-corrected chi connectivity index (χ1v) is 5.55. The molecule has 0 N–H and O–H groups in total. The van der Waals surface area contributed by atoms with Gasteiger partial charge in [0.2, 0.25) is 0 Å². The zero-order chi connectivity index (χ0) is 12.1. The summed E-state index contributed by atoms with van der Waals surface area (Å²) in [5, 5.41) is 0. The smallest absolute Gasteiger partial charge is 0.312 e. The minimum atomic E-state index is -0.444. The predicted octanol–water partition coefficient (Wildman–Crippen LogP) is 1.34. The number of rotatable bonds is 3. The van der Waals surface area contributed by atoms with Gasteiger partial charge < -0.3 is 9.47 Å². The molecule has 4 nitrogen and oxygen atoms in total. The summed E-state index contributed by atoms with van der Waals surface area (Å²) in [4.78, 5) is 22.8. The third-order valence-corrected chi connectivity index (χ3v) is 2.61. The Morgan fingerprint density at radius 1 is 1.35 bits per heavy atom. The average molecular weight is 234 g/mol. The van der Waals surface area contributed by atoms with Crippen molar-refractivity contribution in [3.05, 3.63) is 35.9 Å². The van der Waals surface area contributed by atoms with E-state index in [2.05, 4.69) is 0 Å². The Bertz CT molecular complexity index is 399. The van der Waals surface area contributed by atoms with Gasteiger partial charge in [-0.25, -0.2) is 0 Å². The van der Waals surface area contributed by atoms with E-state index >= 15 is 0 Å². The second-order valence-corrected chi connectivity index (χ2v) is 4.05. The Balaban J connectivity index is 1.83. The van der Waals surface area contributed by atoms with Crippen molar-refractivity contribution in [2.75, 3.05) is 13.2 Å². The van der Waals surface area contributed by atoms with Crippen LogP contribution in [0.5, 0.6) is 0 Å². The summed E-state index contributed by atoms with van der Waals surface area (Å²) in [6.45, 7) is 0.631. The van der Waals surface area contributed by atoms with Crippen molar-refractivity contribution in [1.82, 2.24) is 0 Å². The SMILES string of the molecule is O=C1COCC(C(=O)OCc2ccccc2)C1. The summed E-state index contributed by atoms with van der Waals surface area (Å²) >= 11 is 0. The first-order chi connectivity index (χ1) is 8.25. The van der Waals surface area contributed by atoms with Gasteiger partial charge in [0.1, 0.15) is 13.2 Å². The van der Waals surface area contributed by atoms with Gasteiger partial charge in [-0.2, -0.15) is 0 Å².